The minimum atomic E-state index is -3.13. The molecule has 0 rings (SSSR count). The predicted molar refractivity (Wildman–Crippen MR) is 63.3 cm³/mol. The van der Waals surface area contributed by atoms with Gasteiger partial charge in [-0.1, -0.05) is 6.92 Å². The van der Waals surface area contributed by atoms with Crippen LogP contribution in [0.3, 0.4) is 0 Å². The summed E-state index contributed by atoms with van der Waals surface area (Å²) < 4.78 is 21.9. The fraction of sp³-hybridized carbons (Fsp3) is 0.800. The maximum atomic E-state index is 11.4. The largest absolute Gasteiger partial charge is 0.481 e. The van der Waals surface area contributed by atoms with Gasteiger partial charge in [0.05, 0.1) is 5.75 Å². The summed E-state index contributed by atoms with van der Waals surface area (Å²) in [7, 11) is -3.13. The number of carboxylic acid groups (broad SMARTS) is 1. The van der Waals surface area contributed by atoms with Crippen LogP contribution in [0.2, 0.25) is 0 Å². The number of carboxylic acids is 1. The minimum absolute atomic E-state index is 0.0755. The predicted octanol–water partition coefficient (Wildman–Crippen LogP) is 0.0366. The van der Waals surface area contributed by atoms with E-state index in [-0.39, 0.29) is 30.4 Å². The second-order valence-electron chi connectivity index (χ2n) is 4.47. The number of aliphatic carboxylic acids is 1. The van der Waals surface area contributed by atoms with Gasteiger partial charge in [-0.2, -0.15) is 0 Å². The van der Waals surface area contributed by atoms with E-state index in [0.29, 0.717) is 0 Å². The third kappa shape index (κ3) is 9.80. The molecule has 0 radical (unpaired) electrons. The quantitative estimate of drug-likeness (QED) is 0.676. The molecule has 2 unspecified atom stereocenters. The van der Waals surface area contributed by atoms with E-state index in [2.05, 4.69) is 5.32 Å². The number of carbonyl (C=O) groups excluding carboxylic acids is 1. The van der Waals surface area contributed by atoms with Crippen molar-refractivity contribution in [1.29, 1.82) is 0 Å². The third-order valence-electron chi connectivity index (χ3n) is 2.02. The lowest BCUT2D eigenvalue weighted by molar-refractivity contribution is -0.138. The minimum Gasteiger partial charge on any atom is -0.481 e. The molecule has 0 bridgehead atoms. The molecule has 0 spiro atoms. The van der Waals surface area contributed by atoms with Crippen LogP contribution in [0, 0.1) is 5.92 Å². The topological polar surface area (TPSA) is 101 Å². The van der Waals surface area contributed by atoms with E-state index in [1.807, 2.05) is 0 Å². The first-order valence-corrected chi connectivity index (χ1v) is 7.35. The third-order valence-corrected chi connectivity index (χ3v) is 3.12. The Morgan fingerprint density at radius 3 is 2.18 bits per heavy atom. The Labute approximate surface area is 101 Å². The van der Waals surface area contributed by atoms with Crippen molar-refractivity contribution in [1.82, 2.24) is 5.32 Å². The maximum Gasteiger partial charge on any atom is 0.303 e. The van der Waals surface area contributed by atoms with Crippen LogP contribution in [0.4, 0.5) is 0 Å². The Bertz CT molecular complexity index is 376. The summed E-state index contributed by atoms with van der Waals surface area (Å²) in [5.41, 5.74) is 0. The van der Waals surface area contributed by atoms with Crippen molar-refractivity contribution < 1.29 is 23.1 Å². The highest BCUT2D eigenvalue weighted by Crippen LogP contribution is 2.07. The number of rotatable bonds is 7. The molecule has 17 heavy (non-hydrogen) atoms. The van der Waals surface area contributed by atoms with Crippen LogP contribution in [-0.4, -0.2) is 43.5 Å². The zero-order valence-electron chi connectivity index (χ0n) is 10.3. The maximum absolute atomic E-state index is 11.4. The number of nitrogens with one attached hydrogen (secondary N) is 1. The molecule has 0 fully saturated rings. The zero-order valence-corrected chi connectivity index (χ0v) is 11.1. The standard InChI is InChI=1S/C10H19NO5S/c1-7(5-10(13)14)4-9(12)11-8(2)6-17(3,15)16/h7-8H,4-6H2,1-3H3,(H,11,12)(H,13,14). The fourth-order valence-electron chi connectivity index (χ4n) is 1.52. The molecule has 0 aliphatic carbocycles. The van der Waals surface area contributed by atoms with Gasteiger partial charge in [-0.05, 0) is 12.8 Å². The highest BCUT2D eigenvalue weighted by atomic mass is 32.2. The molecule has 0 saturated heterocycles. The first kappa shape index (κ1) is 15.9. The van der Waals surface area contributed by atoms with Crippen molar-refractivity contribution in [2.45, 2.75) is 32.7 Å². The lowest BCUT2D eigenvalue weighted by atomic mass is 10.0. The number of hydrogen-bond donors (Lipinski definition) is 2. The summed E-state index contributed by atoms with van der Waals surface area (Å²) in [5.74, 6) is -1.66. The summed E-state index contributed by atoms with van der Waals surface area (Å²) in [6.45, 7) is 3.26. The summed E-state index contributed by atoms with van der Waals surface area (Å²) in [6, 6.07) is -0.463. The van der Waals surface area contributed by atoms with E-state index in [4.69, 9.17) is 5.11 Å². The molecule has 2 N–H and O–H groups in total. The van der Waals surface area contributed by atoms with Crippen LogP contribution in [0.15, 0.2) is 0 Å². The molecule has 0 aliphatic rings. The van der Waals surface area contributed by atoms with Crippen LogP contribution in [0.25, 0.3) is 0 Å². The van der Waals surface area contributed by atoms with E-state index in [1.165, 1.54) is 0 Å². The molecule has 0 aromatic heterocycles. The molecular formula is C10H19NO5S. The summed E-state index contributed by atoms with van der Waals surface area (Å²) in [4.78, 5) is 21.8. The summed E-state index contributed by atoms with van der Waals surface area (Å²) in [5, 5.41) is 11.1. The highest BCUT2D eigenvalue weighted by Gasteiger charge is 2.16. The van der Waals surface area contributed by atoms with Crippen LogP contribution in [-0.2, 0) is 19.4 Å². The lowest BCUT2D eigenvalue weighted by Gasteiger charge is -2.14. The van der Waals surface area contributed by atoms with Crippen molar-refractivity contribution >= 4 is 21.7 Å². The molecule has 0 heterocycles. The Morgan fingerprint density at radius 2 is 1.76 bits per heavy atom. The number of carbonyl (C=O) groups is 2. The summed E-state index contributed by atoms with van der Waals surface area (Å²) in [6.07, 6.45) is 1.11. The van der Waals surface area contributed by atoms with Crippen LogP contribution < -0.4 is 5.32 Å². The molecule has 0 saturated carbocycles. The van der Waals surface area contributed by atoms with Crippen LogP contribution in [0.1, 0.15) is 26.7 Å². The van der Waals surface area contributed by atoms with Gasteiger partial charge in [0.15, 0.2) is 0 Å². The Kier molecular flexibility index (Phi) is 6.15. The molecular weight excluding hydrogens is 246 g/mol. The molecule has 0 aromatic carbocycles. The van der Waals surface area contributed by atoms with Gasteiger partial charge >= 0.3 is 5.97 Å². The van der Waals surface area contributed by atoms with E-state index in [1.54, 1.807) is 13.8 Å². The first-order chi connectivity index (χ1) is 7.60. The van der Waals surface area contributed by atoms with Crippen molar-refractivity contribution in [3.63, 3.8) is 0 Å². The second kappa shape index (κ2) is 6.58. The molecule has 2 atom stereocenters. The van der Waals surface area contributed by atoms with Crippen molar-refractivity contribution in [3.8, 4) is 0 Å². The van der Waals surface area contributed by atoms with Gasteiger partial charge in [0, 0.05) is 25.1 Å². The van der Waals surface area contributed by atoms with Gasteiger partial charge in [0.2, 0.25) is 5.91 Å². The van der Waals surface area contributed by atoms with E-state index < -0.39 is 21.8 Å². The Hall–Kier alpha value is -1.11. The highest BCUT2D eigenvalue weighted by molar-refractivity contribution is 7.90. The average molecular weight is 265 g/mol. The Balaban J connectivity index is 4.05. The summed E-state index contributed by atoms with van der Waals surface area (Å²) >= 11 is 0. The van der Waals surface area contributed by atoms with Crippen molar-refractivity contribution in [2.24, 2.45) is 5.92 Å². The molecule has 0 aliphatic heterocycles. The van der Waals surface area contributed by atoms with Crippen molar-refractivity contribution in [3.05, 3.63) is 0 Å². The molecule has 0 aromatic rings. The fourth-order valence-corrected chi connectivity index (χ4v) is 2.51. The average Bonchev–Trinajstić information content (AvgIpc) is 1.95. The van der Waals surface area contributed by atoms with Gasteiger partial charge in [0.1, 0.15) is 9.84 Å². The number of amides is 1. The Morgan fingerprint density at radius 1 is 1.24 bits per heavy atom. The second-order valence-corrected chi connectivity index (χ2v) is 6.65. The van der Waals surface area contributed by atoms with E-state index in [9.17, 15) is 18.0 Å². The van der Waals surface area contributed by atoms with Gasteiger partial charge in [-0.3, -0.25) is 9.59 Å². The van der Waals surface area contributed by atoms with Crippen molar-refractivity contribution in [2.75, 3.05) is 12.0 Å². The van der Waals surface area contributed by atoms with Gasteiger partial charge in [-0.15, -0.1) is 0 Å². The van der Waals surface area contributed by atoms with Gasteiger partial charge in [-0.25, -0.2) is 8.42 Å². The normalized spacial score (nSPS) is 15.0. The zero-order chi connectivity index (χ0) is 13.6. The number of sulfone groups is 1. The molecule has 6 nitrogen and oxygen atoms in total. The molecule has 7 heteroatoms. The van der Waals surface area contributed by atoms with E-state index >= 15 is 0 Å². The SMILES string of the molecule is CC(CC(=O)O)CC(=O)NC(C)CS(C)(=O)=O. The van der Waals surface area contributed by atoms with Crippen LogP contribution in [0.5, 0.6) is 0 Å². The number of hydrogen-bond acceptors (Lipinski definition) is 4. The smallest absolute Gasteiger partial charge is 0.303 e. The van der Waals surface area contributed by atoms with Gasteiger partial charge in [0.25, 0.3) is 0 Å². The lowest BCUT2D eigenvalue weighted by Crippen LogP contribution is -2.38. The van der Waals surface area contributed by atoms with Crippen LogP contribution >= 0.6 is 0 Å². The first-order valence-electron chi connectivity index (χ1n) is 5.29. The molecule has 1 amide bonds. The van der Waals surface area contributed by atoms with E-state index in [0.717, 1.165) is 6.26 Å². The monoisotopic (exact) mass is 265 g/mol. The molecule has 100 valence electrons. The van der Waals surface area contributed by atoms with Gasteiger partial charge < -0.3 is 10.4 Å².